The van der Waals surface area contributed by atoms with Crippen LogP contribution >= 0.6 is 0 Å². The number of carbonyl (C=O) groups is 1. The van der Waals surface area contributed by atoms with Crippen molar-refractivity contribution in [1.82, 2.24) is 4.90 Å². The van der Waals surface area contributed by atoms with E-state index in [1.54, 1.807) is 18.0 Å². The van der Waals surface area contributed by atoms with E-state index in [0.29, 0.717) is 12.1 Å². The van der Waals surface area contributed by atoms with E-state index in [0.717, 1.165) is 0 Å². The van der Waals surface area contributed by atoms with Crippen LogP contribution in [0.2, 0.25) is 0 Å². The van der Waals surface area contributed by atoms with Gasteiger partial charge in [0.05, 0.1) is 13.5 Å². The van der Waals surface area contributed by atoms with Crippen molar-refractivity contribution in [3.63, 3.8) is 0 Å². The molecule has 6 nitrogen and oxygen atoms in total. The summed E-state index contributed by atoms with van der Waals surface area (Å²) < 4.78 is 27.8. The fourth-order valence-corrected chi connectivity index (χ4v) is 2.29. The Bertz CT molecular complexity index is 569. The number of amides is 1. The van der Waals surface area contributed by atoms with Crippen LogP contribution in [0, 0.1) is 0 Å². The summed E-state index contributed by atoms with van der Waals surface area (Å²) in [6.45, 7) is 2.46. The Morgan fingerprint density at radius 3 is 2.53 bits per heavy atom. The van der Waals surface area contributed by atoms with Gasteiger partial charge in [-0.2, -0.15) is 0 Å². The van der Waals surface area contributed by atoms with Gasteiger partial charge in [-0.1, -0.05) is 6.07 Å². The second-order valence-corrected chi connectivity index (χ2v) is 5.64. The van der Waals surface area contributed by atoms with Crippen molar-refractivity contribution >= 4 is 15.9 Å². The van der Waals surface area contributed by atoms with Crippen LogP contribution in [0.3, 0.4) is 0 Å². The largest absolute Gasteiger partial charge is 0.495 e. The number of hydrogen-bond acceptors (Lipinski definition) is 4. The van der Waals surface area contributed by atoms with Gasteiger partial charge in [-0.05, 0) is 24.6 Å². The van der Waals surface area contributed by atoms with E-state index < -0.39 is 10.0 Å². The molecular weight excluding hydrogens is 268 g/mol. The molecule has 0 atom stereocenters. The summed E-state index contributed by atoms with van der Waals surface area (Å²) in [6.07, 6.45) is 0.122. The molecule has 0 bridgehead atoms. The fraction of sp³-hybridized carbons (Fsp3) is 0.417. The molecule has 0 saturated carbocycles. The zero-order chi connectivity index (χ0) is 14.6. The zero-order valence-corrected chi connectivity index (χ0v) is 12.0. The van der Waals surface area contributed by atoms with E-state index in [2.05, 4.69) is 0 Å². The van der Waals surface area contributed by atoms with Gasteiger partial charge in [-0.3, -0.25) is 4.79 Å². The number of carbonyl (C=O) groups excluding carboxylic acids is 1. The summed E-state index contributed by atoms with van der Waals surface area (Å²) in [4.78, 5) is 13.2. The number of hydrogen-bond donors (Lipinski definition) is 1. The SMILES string of the molecule is CCN(C)C(=O)Cc1ccc(OC)c(S(N)(=O)=O)c1. The van der Waals surface area contributed by atoms with Gasteiger partial charge >= 0.3 is 0 Å². The minimum absolute atomic E-state index is 0.0898. The van der Waals surface area contributed by atoms with Gasteiger partial charge in [0, 0.05) is 13.6 Å². The summed E-state index contributed by atoms with van der Waals surface area (Å²) in [5.41, 5.74) is 0.579. The van der Waals surface area contributed by atoms with E-state index in [4.69, 9.17) is 9.88 Å². The van der Waals surface area contributed by atoms with Crippen molar-refractivity contribution in [2.45, 2.75) is 18.2 Å². The molecule has 0 radical (unpaired) electrons. The number of nitrogens with two attached hydrogens (primary N) is 1. The Morgan fingerprint density at radius 2 is 2.05 bits per heavy atom. The number of likely N-dealkylation sites (N-methyl/N-ethyl adjacent to an activating group) is 1. The van der Waals surface area contributed by atoms with E-state index >= 15 is 0 Å². The van der Waals surface area contributed by atoms with Gasteiger partial charge in [-0.15, -0.1) is 0 Å². The van der Waals surface area contributed by atoms with E-state index in [1.807, 2.05) is 6.92 Å². The first-order valence-electron chi connectivity index (χ1n) is 5.73. The topological polar surface area (TPSA) is 89.7 Å². The number of primary sulfonamides is 1. The molecule has 2 N–H and O–H groups in total. The molecule has 1 amide bonds. The van der Waals surface area contributed by atoms with Gasteiger partial charge in [0.25, 0.3) is 0 Å². The van der Waals surface area contributed by atoms with Crippen molar-refractivity contribution < 1.29 is 17.9 Å². The lowest BCUT2D eigenvalue weighted by molar-refractivity contribution is -0.128. The van der Waals surface area contributed by atoms with Crippen LogP contribution in [0.25, 0.3) is 0 Å². The maximum Gasteiger partial charge on any atom is 0.241 e. The number of sulfonamides is 1. The van der Waals surface area contributed by atoms with Crippen molar-refractivity contribution in [3.8, 4) is 5.75 Å². The monoisotopic (exact) mass is 286 g/mol. The number of rotatable bonds is 5. The normalized spacial score (nSPS) is 11.2. The minimum Gasteiger partial charge on any atom is -0.495 e. The van der Waals surface area contributed by atoms with Crippen LogP contribution in [0.1, 0.15) is 12.5 Å². The third-order valence-corrected chi connectivity index (χ3v) is 3.72. The first kappa shape index (κ1) is 15.5. The maximum absolute atomic E-state index is 11.8. The summed E-state index contributed by atoms with van der Waals surface area (Å²) in [7, 11) is -0.832. The summed E-state index contributed by atoms with van der Waals surface area (Å²) in [6, 6.07) is 4.51. The second kappa shape index (κ2) is 6.03. The van der Waals surface area contributed by atoms with Gasteiger partial charge in [0.1, 0.15) is 10.6 Å². The highest BCUT2D eigenvalue weighted by atomic mass is 32.2. The van der Waals surface area contributed by atoms with Gasteiger partial charge < -0.3 is 9.64 Å². The Hall–Kier alpha value is -1.60. The molecule has 19 heavy (non-hydrogen) atoms. The third kappa shape index (κ3) is 3.93. The van der Waals surface area contributed by atoms with Crippen LogP contribution < -0.4 is 9.88 Å². The number of ether oxygens (including phenoxy) is 1. The molecule has 106 valence electrons. The van der Waals surface area contributed by atoms with Crippen LogP contribution in [-0.4, -0.2) is 39.9 Å². The molecule has 0 aliphatic carbocycles. The summed E-state index contributed by atoms with van der Waals surface area (Å²) >= 11 is 0. The van der Waals surface area contributed by atoms with Crippen LogP contribution in [0.4, 0.5) is 0 Å². The lowest BCUT2D eigenvalue weighted by Gasteiger charge is -2.15. The second-order valence-electron chi connectivity index (χ2n) is 4.11. The smallest absolute Gasteiger partial charge is 0.241 e. The zero-order valence-electron chi connectivity index (χ0n) is 11.2. The third-order valence-electron chi connectivity index (χ3n) is 2.79. The lowest BCUT2D eigenvalue weighted by atomic mass is 10.1. The molecule has 0 fully saturated rings. The molecule has 1 rings (SSSR count). The molecule has 1 aromatic rings. The average molecular weight is 286 g/mol. The van der Waals surface area contributed by atoms with E-state index in [9.17, 15) is 13.2 Å². The molecule has 0 spiro atoms. The quantitative estimate of drug-likeness (QED) is 0.846. The molecule has 1 aromatic carbocycles. The highest BCUT2D eigenvalue weighted by Gasteiger charge is 2.17. The molecule has 0 heterocycles. The van der Waals surface area contributed by atoms with Crippen LogP contribution in [0.5, 0.6) is 5.75 Å². The van der Waals surface area contributed by atoms with Crippen LogP contribution in [0.15, 0.2) is 23.1 Å². The van der Waals surface area contributed by atoms with Gasteiger partial charge in [0.15, 0.2) is 0 Å². The molecule has 7 heteroatoms. The highest BCUT2D eigenvalue weighted by Crippen LogP contribution is 2.24. The van der Waals surface area contributed by atoms with E-state index in [-0.39, 0.29) is 23.0 Å². The Balaban J connectivity index is 3.10. The first-order chi connectivity index (χ1) is 8.79. The molecule has 0 saturated heterocycles. The molecule has 0 aromatic heterocycles. The van der Waals surface area contributed by atoms with Crippen molar-refractivity contribution in [3.05, 3.63) is 23.8 Å². The summed E-state index contributed by atoms with van der Waals surface area (Å²) in [5, 5.41) is 5.12. The Morgan fingerprint density at radius 1 is 1.42 bits per heavy atom. The van der Waals surface area contributed by atoms with Crippen molar-refractivity contribution in [1.29, 1.82) is 0 Å². The first-order valence-corrected chi connectivity index (χ1v) is 7.28. The predicted molar refractivity (Wildman–Crippen MR) is 71.4 cm³/mol. The van der Waals surface area contributed by atoms with E-state index in [1.165, 1.54) is 19.2 Å². The van der Waals surface area contributed by atoms with Crippen molar-refractivity contribution in [2.24, 2.45) is 5.14 Å². The minimum atomic E-state index is -3.88. The predicted octanol–water partition coefficient (Wildman–Crippen LogP) is 0.363. The maximum atomic E-state index is 11.8. The van der Waals surface area contributed by atoms with Gasteiger partial charge in [-0.25, -0.2) is 13.6 Å². The molecule has 0 unspecified atom stereocenters. The highest BCUT2D eigenvalue weighted by molar-refractivity contribution is 7.89. The lowest BCUT2D eigenvalue weighted by Crippen LogP contribution is -2.27. The van der Waals surface area contributed by atoms with Crippen molar-refractivity contribution in [2.75, 3.05) is 20.7 Å². The molecule has 0 aliphatic rings. The Kier molecular flexibility index (Phi) is 4.90. The number of benzene rings is 1. The number of methoxy groups -OCH3 is 1. The van der Waals surface area contributed by atoms with Crippen LogP contribution in [-0.2, 0) is 21.2 Å². The van der Waals surface area contributed by atoms with Gasteiger partial charge in [0.2, 0.25) is 15.9 Å². The fourth-order valence-electron chi connectivity index (χ4n) is 1.54. The molecular formula is C12H18N2O4S. The standard InChI is InChI=1S/C12H18N2O4S/c1-4-14(2)12(15)8-9-5-6-10(18-3)11(7-9)19(13,16)17/h5-7H,4,8H2,1-3H3,(H2,13,16,17). The number of nitrogens with zero attached hydrogens (tertiary/aromatic N) is 1. The average Bonchev–Trinajstić information content (AvgIpc) is 2.36. The Labute approximate surface area is 113 Å². The molecule has 0 aliphatic heterocycles. The summed E-state index contributed by atoms with van der Waals surface area (Å²) in [5.74, 6) is 0.0792.